The van der Waals surface area contributed by atoms with Gasteiger partial charge >= 0.3 is 0 Å². The van der Waals surface area contributed by atoms with Gasteiger partial charge in [0.05, 0.1) is 5.02 Å². The number of anilines is 1. The second-order valence-corrected chi connectivity index (χ2v) is 10.8. The summed E-state index contributed by atoms with van der Waals surface area (Å²) < 4.78 is 27.2. The number of rotatable bonds is 5. The smallest absolute Gasteiger partial charge is 0.286 e. The van der Waals surface area contributed by atoms with Crippen molar-refractivity contribution in [2.24, 2.45) is 0 Å². The summed E-state index contributed by atoms with van der Waals surface area (Å²) in [6, 6.07) is 13.3. The molecule has 7 nitrogen and oxygen atoms in total. The van der Waals surface area contributed by atoms with Gasteiger partial charge < -0.3 is 5.32 Å². The fourth-order valence-electron chi connectivity index (χ4n) is 3.38. The lowest BCUT2D eigenvalue weighted by molar-refractivity contribution is 0.102. The third-order valence-corrected chi connectivity index (χ3v) is 8.69. The molecule has 0 radical (unpaired) electrons. The number of aromatic nitrogens is 2. The zero-order chi connectivity index (χ0) is 22.0. The van der Waals surface area contributed by atoms with Crippen molar-refractivity contribution in [2.45, 2.75) is 23.7 Å². The van der Waals surface area contributed by atoms with Crippen LogP contribution in [0.3, 0.4) is 0 Å². The summed E-state index contributed by atoms with van der Waals surface area (Å²) in [5, 5.41) is 12.6. The van der Waals surface area contributed by atoms with Gasteiger partial charge in [-0.25, -0.2) is 8.42 Å². The molecule has 1 N–H and O–H groups in total. The lowest BCUT2D eigenvalue weighted by atomic mass is 9.99. The predicted molar refractivity (Wildman–Crippen MR) is 122 cm³/mol. The third-order valence-electron chi connectivity index (χ3n) is 4.97. The Balaban J connectivity index is 1.40. The van der Waals surface area contributed by atoms with E-state index >= 15 is 0 Å². The number of halogens is 2. The molecule has 1 saturated heterocycles. The van der Waals surface area contributed by atoms with E-state index < -0.39 is 10.0 Å². The summed E-state index contributed by atoms with van der Waals surface area (Å²) >= 11 is 13.2. The van der Waals surface area contributed by atoms with Gasteiger partial charge in [-0.05, 0) is 43.2 Å². The SMILES string of the molecule is O=C(Nc1cccc(Cl)c1)c1nnc(C2CCN(S(=O)(=O)c3ccccc3Cl)CC2)s1. The zero-order valence-corrected chi connectivity index (χ0v) is 19.3. The van der Waals surface area contributed by atoms with Gasteiger partial charge in [0, 0.05) is 29.7 Å². The molecule has 0 aliphatic carbocycles. The minimum atomic E-state index is -3.65. The highest BCUT2D eigenvalue weighted by molar-refractivity contribution is 7.89. The quantitative estimate of drug-likeness (QED) is 0.554. The number of nitrogens with one attached hydrogen (secondary N) is 1. The van der Waals surface area contributed by atoms with Crippen molar-refractivity contribution < 1.29 is 13.2 Å². The maximum absolute atomic E-state index is 12.9. The van der Waals surface area contributed by atoms with Crippen LogP contribution in [0, 0.1) is 0 Å². The lowest BCUT2D eigenvalue weighted by Crippen LogP contribution is -2.38. The fourth-order valence-corrected chi connectivity index (χ4v) is 6.44. The summed E-state index contributed by atoms with van der Waals surface area (Å²) in [5.41, 5.74) is 0.576. The predicted octanol–water partition coefficient (Wildman–Crippen LogP) is 4.67. The Morgan fingerprint density at radius 1 is 1.06 bits per heavy atom. The first-order valence-electron chi connectivity index (χ1n) is 9.49. The average molecular weight is 497 g/mol. The molecule has 3 aromatic rings. The van der Waals surface area contributed by atoms with E-state index in [9.17, 15) is 13.2 Å². The monoisotopic (exact) mass is 496 g/mol. The number of carbonyl (C=O) groups excluding carboxylic acids is 1. The third kappa shape index (κ3) is 4.91. The summed E-state index contributed by atoms with van der Waals surface area (Å²) in [4.78, 5) is 12.6. The van der Waals surface area contributed by atoms with Gasteiger partial charge in [-0.15, -0.1) is 10.2 Å². The van der Waals surface area contributed by atoms with Crippen LogP contribution in [0.25, 0.3) is 0 Å². The van der Waals surface area contributed by atoms with Crippen molar-refractivity contribution in [2.75, 3.05) is 18.4 Å². The summed E-state index contributed by atoms with van der Waals surface area (Å²) in [7, 11) is -3.65. The van der Waals surface area contributed by atoms with Gasteiger partial charge in [0.25, 0.3) is 5.91 Å². The highest BCUT2D eigenvalue weighted by Gasteiger charge is 2.32. The van der Waals surface area contributed by atoms with E-state index in [1.807, 2.05) is 0 Å². The van der Waals surface area contributed by atoms with E-state index in [2.05, 4.69) is 15.5 Å². The zero-order valence-electron chi connectivity index (χ0n) is 16.2. The molecule has 1 aliphatic rings. The number of hydrogen-bond acceptors (Lipinski definition) is 6. The molecule has 0 spiro atoms. The number of benzene rings is 2. The van der Waals surface area contributed by atoms with Crippen LogP contribution in [-0.4, -0.2) is 41.9 Å². The second kappa shape index (κ2) is 9.22. The van der Waals surface area contributed by atoms with Gasteiger partial charge in [0.15, 0.2) is 0 Å². The highest BCUT2D eigenvalue weighted by atomic mass is 35.5. The average Bonchev–Trinajstić information content (AvgIpc) is 3.24. The van der Waals surface area contributed by atoms with Crippen LogP contribution < -0.4 is 5.32 Å². The van der Waals surface area contributed by atoms with Crippen LogP contribution >= 0.6 is 34.5 Å². The minimum absolute atomic E-state index is 0.0444. The van der Waals surface area contributed by atoms with Gasteiger partial charge in [-0.1, -0.05) is 52.7 Å². The van der Waals surface area contributed by atoms with E-state index in [4.69, 9.17) is 23.2 Å². The summed E-state index contributed by atoms with van der Waals surface area (Å²) in [5.74, 6) is -0.312. The molecule has 31 heavy (non-hydrogen) atoms. The number of nitrogens with zero attached hydrogens (tertiary/aromatic N) is 3. The van der Waals surface area contributed by atoms with Crippen molar-refractivity contribution in [3.05, 3.63) is 68.6 Å². The van der Waals surface area contributed by atoms with Crippen LogP contribution in [-0.2, 0) is 10.0 Å². The lowest BCUT2D eigenvalue weighted by Gasteiger charge is -2.30. The van der Waals surface area contributed by atoms with E-state index in [1.54, 1.807) is 42.5 Å². The molecular weight excluding hydrogens is 479 g/mol. The maximum Gasteiger partial charge on any atom is 0.286 e. The first-order chi connectivity index (χ1) is 14.8. The van der Waals surface area contributed by atoms with Crippen LogP contribution in [0.4, 0.5) is 5.69 Å². The molecule has 0 unspecified atom stereocenters. The summed E-state index contributed by atoms with van der Waals surface area (Å²) in [6.45, 7) is 0.698. The Kier molecular flexibility index (Phi) is 6.59. The Morgan fingerprint density at radius 2 is 1.81 bits per heavy atom. The largest absolute Gasteiger partial charge is 0.320 e. The molecule has 1 amide bonds. The highest BCUT2D eigenvalue weighted by Crippen LogP contribution is 2.33. The topological polar surface area (TPSA) is 92.3 Å². The molecule has 1 aliphatic heterocycles. The number of carbonyl (C=O) groups is 1. The number of piperidine rings is 1. The van der Waals surface area contributed by atoms with Gasteiger partial charge in [-0.3, -0.25) is 4.79 Å². The van der Waals surface area contributed by atoms with E-state index in [0.717, 1.165) is 5.01 Å². The van der Waals surface area contributed by atoms with Crippen molar-refractivity contribution in [1.82, 2.24) is 14.5 Å². The standard InChI is InChI=1S/C20H18Cl2N4O3S2/c21-14-4-3-5-15(12-14)23-18(27)20-25-24-19(30-20)13-8-10-26(11-9-13)31(28,29)17-7-2-1-6-16(17)22/h1-7,12-13H,8-11H2,(H,23,27). The number of hydrogen-bond donors (Lipinski definition) is 1. The van der Waals surface area contributed by atoms with Crippen molar-refractivity contribution in [3.63, 3.8) is 0 Å². The van der Waals surface area contributed by atoms with E-state index in [-0.39, 0.29) is 26.8 Å². The Hall–Kier alpha value is -2.04. The van der Waals surface area contributed by atoms with Crippen molar-refractivity contribution >= 4 is 56.2 Å². The Morgan fingerprint density at radius 3 is 2.52 bits per heavy atom. The molecule has 1 fully saturated rings. The molecule has 1 aromatic heterocycles. The molecule has 162 valence electrons. The van der Waals surface area contributed by atoms with Crippen LogP contribution in [0.5, 0.6) is 0 Å². The molecule has 11 heteroatoms. The van der Waals surface area contributed by atoms with Gasteiger partial charge in [-0.2, -0.15) is 4.31 Å². The Labute approximate surface area is 194 Å². The van der Waals surface area contributed by atoms with E-state index in [1.165, 1.54) is 21.7 Å². The molecule has 2 aromatic carbocycles. The maximum atomic E-state index is 12.9. The molecule has 2 heterocycles. The second-order valence-electron chi connectivity index (χ2n) is 7.02. The minimum Gasteiger partial charge on any atom is -0.320 e. The van der Waals surface area contributed by atoms with Crippen LogP contribution in [0.1, 0.15) is 33.6 Å². The first-order valence-corrected chi connectivity index (χ1v) is 12.5. The molecule has 0 saturated carbocycles. The van der Waals surface area contributed by atoms with Gasteiger partial charge in [0.1, 0.15) is 9.90 Å². The van der Waals surface area contributed by atoms with Crippen molar-refractivity contribution in [3.8, 4) is 0 Å². The Bertz CT molecular complexity index is 1210. The molecule has 0 bridgehead atoms. The molecule has 4 rings (SSSR count). The van der Waals surface area contributed by atoms with Crippen molar-refractivity contribution in [1.29, 1.82) is 0 Å². The van der Waals surface area contributed by atoms with Crippen LogP contribution in [0.15, 0.2) is 53.4 Å². The fraction of sp³-hybridized carbons (Fsp3) is 0.250. The first kappa shape index (κ1) is 22.2. The molecule has 0 atom stereocenters. The van der Waals surface area contributed by atoms with Gasteiger partial charge in [0.2, 0.25) is 15.0 Å². The van der Waals surface area contributed by atoms with Crippen LogP contribution in [0.2, 0.25) is 10.0 Å². The van der Waals surface area contributed by atoms with E-state index in [0.29, 0.717) is 36.6 Å². The number of amides is 1. The summed E-state index contributed by atoms with van der Waals surface area (Å²) in [6.07, 6.45) is 1.18. The molecular formula is C20H18Cl2N4O3S2. The number of sulfonamides is 1. The normalized spacial score (nSPS) is 15.7.